The summed E-state index contributed by atoms with van der Waals surface area (Å²) >= 11 is 0. The van der Waals surface area contributed by atoms with Crippen LogP contribution in [0.15, 0.2) is 152 Å². The molecule has 2 aliphatic carbocycles. The summed E-state index contributed by atoms with van der Waals surface area (Å²) in [5, 5.41) is 17.5. The molecule has 0 bridgehead atoms. The van der Waals surface area contributed by atoms with Crippen LogP contribution in [0.4, 0.5) is 0 Å². The highest BCUT2D eigenvalue weighted by Crippen LogP contribution is 2.63. The van der Waals surface area contributed by atoms with Gasteiger partial charge in [0.2, 0.25) is 0 Å². The van der Waals surface area contributed by atoms with Crippen molar-refractivity contribution < 1.29 is 4.74 Å². The summed E-state index contributed by atoms with van der Waals surface area (Å²) in [6.45, 7) is 0. The molecule has 228 valence electrons. The molecule has 0 amide bonds. The van der Waals surface area contributed by atoms with Gasteiger partial charge in [0, 0.05) is 22.3 Å². The summed E-state index contributed by atoms with van der Waals surface area (Å²) in [4.78, 5) is 0. The minimum absolute atomic E-state index is 0.366. The van der Waals surface area contributed by atoms with E-state index in [1.54, 1.807) is 12.2 Å². The molecule has 0 atom stereocenters. The van der Waals surface area contributed by atoms with Crippen molar-refractivity contribution in [2.24, 2.45) is 0 Å². The Morgan fingerprint density at radius 2 is 1.21 bits per heavy atom. The van der Waals surface area contributed by atoms with Crippen LogP contribution < -0.4 is 4.74 Å². The Labute approximate surface area is 280 Å². The largest absolute Gasteiger partial charge is 0.456 e. The lowest BCUT2D eigenvalue weighted by Crippen LogP contribution is -2.32. The molecule has 3 heteroatoms. The van der Waals surface area contributed by atoms with Gasteiger partial charge in [-0.2, -0.15) is 0 Å². The molecule has 6 aromatic rings. The molecule has 0 fully saturated rings. The number of rotatable bonds is 5. The quantitative estimate of drug-likeness (QED) is 0.186. The highest BCUT2D eigenvalue weighted by atomic mass is 16.5. The fourth-order valence-electron chi connectivity index (χ4n) is 7.99. The molecule has 3 aliphatic rings. The van der Waals surface area contributed by atoms with Crippen molar-refractivity contribution in [3.63, 3.8) is 0 Å². The first-order valence-corrected chi connectivity index (χ1v) is 16.5. The van der Waals surface area contributed by atoms with E-state index in [4.69, 9.17) is 15.6 Å². The molecule has 0 unspecified atom stereocenters. The van der Waals surface area contributed by atoms with Crippen molar-refractivity contribution >= 4 is 17.5 Å². The van der Waals surface area contributed by atoms with Crippen LogP contribution in [0.5, 0.6) is 11.5 Å². The van der Waals surface area contributed by atoms with Gasteiger partial charge in [-0.05, 0) is 75.6 Å². The van der Waals surface area contributed by atoms with Crippen LogP contribution in [-0.4, -0.2) is 11.4 Å². The molecule has 48 heavy (non-hydrogen) atoms. The van der Waals surface area contributed by atoms with Gasteiger partial charge in [-0.1, -0.05) is 140 Å². The van der Waals surface area contributed by atoms with E-state index >= 15 is 0 Å². The second kappa shape index (κ2) is 11.0. The summed E-state index contributed by atoms with van der Waals surface area (Å²) in [5.41, 5.74) is 13.8. The van der Waals surface area contributed by atoms with Crippen LogP contribution in [0, 0.1) is 10.8 Å². The molecule has 0 saturated carbocycles. The van der Waals surface area contributed by atoms with E-state index in [2.05, 4.69) is 115 Å². The first-order valence-electron chi connectivity index (χ1n) is 16.5. The SMILES string of the molecule is N=C(/C=C\C(=N)c1cccc2c1C=CCC2)c1ccc(-c2cccc3c2Oc2ccccc2C32c3ccccc3-c3ccccc32)cc1. The molecule has 1 spiro atoms. The number of ether oxygens (including phenoxy) is 1. The number of benzene rings is 6. The highest BCUT2D eigenvalue weighted by molar-refractivity contribution is 6.15. The number of hydrogen-bond donors (Lipinski definition) is 2. The molecule has 6 aromatic carbocycles. The minimum Gasteiger partial charge on any atom is -0.456 e. The monoisotopic (exact) mass is 616 g/mol. The molecular weight excluding hydrogens is 585 g/mol. The van der Waals surface area contributed by atoms with E-state index in [9.17, 15) is 0 Å². The Kier molecular flexibility index (Phi) is 6.48. The molecule has 0 radical (unpaired) electrons. The smallest absolute Gasteiger partial charge is 0.140 e. The summed E-state index contributed by atoms with van der Waals surface area (Å²) in [6.07, 6.45) is 9.80. The van der Waals surface area contributed by atoms with E-state index in [0.29, 0.717) is 11.4 Å². The zero-order valence-corrected chi connectivity index (χ0v) is 26.3. The standard InChI is InChI=1S/C45H32N2O/c46-41(27-28-42(47)36-17-9-12-29-11-1-2-13-32(29)36)31-25-23-30(24-26-31)33-16-10-21-40-44(33)48-43-22-8-7-20-39(43)45(40)37-18-5-3-14-34(37)35-15-4-6-19-38(35)45/h2-10,12-28,46-47H,1,11H2/b28-27-,46-41?,47-42?. The lowest BCUT2D eigenvalue weighted by molar-refractivity contribution is 0.438. The highest BCUT2D eigenvalue weighted by Gasteiger charge is 2.51. The van der Waals surface area contributed by atoms with E-state index < -0.39 is 5.41 Å². The van der Waals surface area contributed by atoms with E-state index in [1.807, 2.05) is 30.3 Å². The third-order valence-corrected chi connectivity index (χ3v) is 10.1. The number of para-hydroxylation sites is 2. The van der Waals surface area contributed by atoms with Gasteiger partial charge in [0.05, 0.1) is 16.8 Å². The van der Waals surface area contributed by atoms with Crippen LogP contribution in [0.25, 0.3) is 28.3 Å². The first kappa shape index (κ1) is 28.2. The van der Waals surface area contributed by atoms with E-state index in [0.717, 1.165) is 63.3 Å². The van der Waals surface area contributed by atoms with Crippen LogP contribution in [0.2, 0.25) is 0 Å². The zero-order chi connectivity index (χ0) is 32.2. The van der Waals surface area contributed by atoms with E-state index in [-0.39, 0.29) is 0 Å². The third kappa shape index (κ3) is 4.14. The number of aryl methyl sites for hydroxylation is 1. The Bertz CT molecular complexity index is 2310. The predicted molar refractivity (Wildman–Crippen MR) is 196 cm³/mol. The number of hydrogen-bond acceptors (Lipinski definition) is 3. The van der Waals surface area contributed by atoms with Gasteiger partial charge in [0.15, 0.2) is 0 Å². The minimum atomic E-state index is -0.501. The van der Waals surface area contributed by atoms with Crippen LogP contribution in [-0.2, 0) is 11.8 Å². The maximum absolute atomic E-state index is 8.81. The van der Waals surface area contributed by atoms with Gasteiger partial charge in [0.1, 0.15) is 11.5 Å². The first-order chi connectivity index (χ1) is 23.6. The molecule has 9 rings (SSSR count). The van der Waals surface area contributed by atoms with Crippen molar-refractivity contribution in [2.75, 3.05) is 0 Å². The average Bonchev–Trinajstić information content (AvgIpc) is 3.44. The molecule has 1 aliphatic heterocycles. The second-order valence-electron chi connectivity index (χ2n) is 12.7. The van der Waals surface area contributed by atoms with E-state index in [1.165, 1.54) is 27.8 Å². The lowest BCUT2D eigenvalue weighted by atomic mass is 9.65. The van der Waals surface area contributed by atoms with Crippen LogP contribution >= 0.6 is 0 Å². The predicted octanol–water partition coefficient (Wildman–Crippen LogP) is 10.8. The van der Waals surface area contributed by atoms with Crippen LogP contribution in [0.1, 0.15) is 50.9 Å². The van der Waals surface area contributed by atoms with Crippen LogP contribution in [0.3, 0.4) is 0 Å². The molecule has 2 N–H and O–H groups in total. The molecule has 0 saturated heterocycles. The van der Waals surface area contributed by atoms with Crippen molar-refractivity contribution in [1.29, 1.82) is 10.8 Å². The maximum atomic E-state index is 8.81. The topological polar surface area (TPSA) is 56.9 Å². The number of allylic oxidation sites excluding steroid dienone is 3. The fraction of sp³-hybridized carbons (Fsp3) is 0.0667. The summed E-state index contributed by atoms with van der Waals surface area (Å²) in [6, 6.07) is 46.8. The van der Waals surface area contributed by atoms with Gasteiger partial charge in [-0.15, -0.1) is 0 Å². The number of fused-ring (bicyclic) bond motifs is 10. The van der Waals surface area contributed by atoms with Gasteiger partial charge in [0.25, 0.3) is 0 Å². The Hall–Kier alpha value is -6.06. The zero-order valence-electron chi connectivity index (χ0n) is 26.3. The molecular formula is C45H32N2O. The van der Waals surface area contributed by atoms with Crippen molar-refractivity contribution in [1.82, 2.24) is 0 Å². The molecule has 1 heterocycles. The second-order valence-corrected chi connectivity index (χ2v) is 12.7. The van der Waals surface area contributed by atoms with Gasteiger partial charge < -0.3 is 15.6 Å². The van der Waals surface area contributed by atoms with Gasteiger partial charge in [-0.3, -0.25) is 0 Å². The Balaban J connectivity index is 1.09. The van der Waals surface area contributed by atoms with Crippen molar-refractivity contribution in [3.05, 3.63) is 196 Å². The van der Waals surface area contributed by atoms with Crippen molar-refractivity contribution in [2.45, 2.75) is 18.3 Å². The normalized spacial score (nSPS) is 14.4. The molecule has 3 nitrogen and oxygen atoms in total. The lowest BCUT2D eigenvalue weighted by Gasteiger charge is -2.40. The number of nitrogens with one attached hydrogen (secondary N) is 2. The van der Waals surface area contributed by atoms with Gasteiger partial charge >= 0.3 is 0 Å². The summed E-state index contributed by atoms with van der Waals surface area (Å²) < 4.78 is 6.82. The summed E-state index contributed by atoms with van der Waals surface area (Å²) in [7, 11) is 0. The average molecular weight is 617 g/mol. The third-order valence-electron chi connectivity index (χ3n) is 10.1. The molecule has 0 aromatic heterocycles. The Morgan fingerprint density at radius 1 is 0.583 bits per heavy atom. The van der Waals surface area contributed by atoms with Gasteiger partial charge in [-0.25, -0.2) is 0 Å². The maximum Gasteiger partial charge on any atom is 0.140 e. The fourth-order valence-corrected chi connectivity index (χ4v) is 7.99. The Morgan fingerprint density at radius 3 is 1.98 bits per heavy atom. The van der Waals surface area contributed by atoms with Crippen molar-refractivity contribution in [3.8, 4) is 33.8 Å². The summed E-state index contributed by atoms with van der Waals surface area (Å²) in [5.74, 6) is 1.73.